The van der Waals surface area contributed by atoms with Crippen LogP contribution in [-0.4, -0.2) is 16.3 Å². The number of hydrogen-bond acceptors (Lipinski definition) is 1. The van der Waals surface area contributed by atoms with E-state index in [9.17, 15) is 0 Å². The lowest BCUT2D eigenvalue weighted by molar-refractivity contribution is -0.645. The molecule has 3 heteroatoms. The van der Waals surface area contributed by atoms with E-state index in [0.717, 1.165) is 19.4 Å². The van der Waals surface area contributed by atoms with Gasteiger partial charge in [0.05, 0.1) is 13.6 Å². The molecule has 0 aliphatic heterocycles. The number of benzene rings is 1. The molecule has 0 saturated carbocycles. The van der Waals surface area contributed by atoms with Crippen LogP contribution in [0, 0.1) is 0 Å². The van der Waals surface area contributed by atoms with E-state index in [1.807, 2.05) is 0 Å². The predicted molar refractivity (Wildman–Crippen MR) is 59.4 cm³/mol. The lowest BCUT2D eigenvalue weighted by atomic mass is 10.3. The van der Waals surface area contributed by atoms with Gasteiger partial charge in [-0.15, -0.1) is 0 Å². The van der Waals surface area contributed by atoms with Crippen LogP contribution in [0.1, 0.15) is 12.8 Å². The van der Waals surface area contributed by atoms with Gasteiger partial charge >= 0.3 is 0 Å². The molecule has 80 valence electrons. The molecule has 1 aromatic carbocycles. The van der Waals surface area contributed by atoms with Gasteiger partial charge in [-0.2, -0.15) is 0 Å². The van der Waals surface area contributed by atoms with Gasteiger partial charge in [0, 0.05) is 6.61 Å². The van der Waals surface area contributed by atoms with E-state index < -0.39 is 0 Å². The van der Waals surface area contributed by atoms with Gasteiger partial charge in [0.15, 0.2) is 11.0 Å². The number of imidazole rings is 1. The number of rotatable bonds is 4. The van der Waals surface area contributed by atoms with E-state index in [0.29, 0.717) is 0 Å². The second kappa shape index (κ2) is 4.45. The SMILES string of the molecule is C[n+]1cn(CCCCO)c2ccccc21. The molecule has 0 bridgehead atoms. The maximum absolute atomic E-state index is 8.75. The van der Waals surface area contributed by atoms with Crippen molar-refractivity contribution in [3.05, 3.63) is 30.6 Å². The quantitative estimate of drug-likeness (QED) is 0.590. The summed E-state index contributed by atoms with van der Waals surface area (Å²) in [4.78, 5) is 0. The number of hydrogen-bond donors (Lipinski definition) is 1. The van der Waals surface area contributed by atoms with Crippen LogP contribution < -0.4 is 4.57 Å². The molecule has 0 amide bonds. The van der Waals surface area contributed by atoms with E-state index in [2.05, 4.69) is 46.8 Å². The summed E-state index contributed by atoms with van der Waals surface area (Å²) < 4.78 is 4.37. The maximum atomic E-state index is 8.75. The Labute approximate surface area is 89.6 Å². The zero-order chi connectivity index (χ0) is 10.7. The monoisotopic (exact) mass is 205 g/mol. The molecule has 0 aliphatic carbocycles. The molecular formula is C12H17N2O+. The van der Waals surface area contributed by atoms with Crippen LogP contribution in [0.2, 0.25) is 0 Å². The summed E-state index contributed by atoms with van der Waals surface area (Å²) in [5.41, 5.74) is 2.51. The van der Waals surface area contributed by atoms with Crippen molar-refractivity contribution in [3.8, 4) is 0 Å². The Morgan fingerprint density at radius 1 is 1.27 bits per heavy atom. The number of nitrogens with zero attached hydrogens (tertiary/aromatic N) is 2. The summed E-state index contributed by atoms with van der Waals surface area (Å²) in [6.45, 7) is 1.26. The molecule has 1 heterocycles. The van der Waals surface area contributed by atoms with Crippen molar-refractivity contribution < 1.29 is 9.67 Å². The molecule has 1 aromatic heterocycles. The van der Waals surface area contributed by atoms with Gasteiger partial charge in [-0.05, 0) is 25.0 Å². The third-order valence-corrected chi connectivity index (χ3v) is 2.69. The third-order valence-electron chi connectivity index (χ3n) is 2.69. The maximum Gasteiger partial charge on any atom is 0.244 e. The van der Waals surface area contributed by atoms with Crippen molar-refractivity contribution in [2.24, 2.45) is 7.05 Å². The Bertz CT molecular complexity index is 448. The fourth-order valence-electron chi connectivity index (χ4n) is 1.91. The first-order chi connectivity index (χ1) is 7.33. The van der Waals surface area contributed by atoms with E-state index in [4.69, 9.17) is 5.11 Å². The number of aliphatic hydroxyl groups is 1. The Hall–Kier alpha value is -1.35. The molecule has 0 saturated heterocycles. The normalized spacial score (nSPS) is 11.1. The summed E-state index contributed by atoms with van der Waals surface area (Å²) in [6, 6.07) is 8.37. The zero-order valence-electron chi connectivity index (χ0n) is 9.06. The number of fused-ring (bicyclic) bond motifs is 1. The van der Waals surface area contributed by atoms with Gasteiger partial charge in [0.1, 0.15) is 0 Å². The van der Waals surface area contributed by atoms with Crippen LogP contribution in [0.4, 0.5) is 0 Å². The standard InChI is InChI=1S/C12H17N2O/c1-13-10-14(8-4-5-9-15)12-7-3-2-6-11(12)13/h2-3,6-7,10,15H,4-5,8-9H2,1H3/q+1. The first-order valence-electron chi connectivity index (χ1n) is 5.37. The smallest absolute Gasteiger partial charge is 0.244 e. The van der Waals surface area contributed by atoms with E-state index >= 15 is 0 Å². The number of aryl methyl sites for hydroxylation is 2. The molecule has 0 unspecified atom stereocenters. The summed E-state index contributed by atoms with van der Waals surface area (Å²) >= 11 is 0. The summed E-state index contributed by atoms with van der Waals surface area (Å²) in [5, 5.41) is 8.75. The largest absolute Gasteiger partial charge is 0.396 e. The van der Waals surface area contributed by atoms with Crippen molar-refractivity contribution in [1.29, 1.82) is 0 Å². The number of aliphatic hydroxyl groups excluding tert-OH is 1. The van der Waals surface area contributed by atoms with Gasteiger partial charge in [0.25, 0.3) is 0 Å². The van der Waals surface area contributed by atoms with E-state index in [-0.39, 0.29) is 6.61 Å². The minimum absolute atomic E-state index is 0.283. The Kier molecular flexibility index (Phi) is 3.02. The van der Waals surface area contributed by atoms with Crippen LogP contribution in [0.15, 0.2) is 30.6 Å². The van der Waals surface area contributed by atoms with Crippen molar-refractivity contribution in [3.63, 3.8) is 0 Å². The zero-order valence-corrected chi connectivity index (χ0v) is 9.06. The van der Waals surface area contributed by atoms with Crippen LogP contribution in [-0.2, 0) is 13.6 Å². The Balaban J connectivity index is 2.27. The Morgan fingerprint density at radius 3 is 2.87 bits per heavy atom. The molecule has 2 rings (SSSR count). The number of para-hydroxylation sites is 2. The van der Waals surface area contributed by atoms with Crippen molar-refractivity contribution in [2.45, 2.75) is 19.4 Å². The molecule has 0 atom stereocenters. The van der Waals surface area contributed by atoms with Gasteiger partial charge in [-0.3, -0.25) is 0 Å². The molecular weight excluding hydrogens is 188 g/mol. The highest BCUT2D eigenvalue weighted by molar-refractivity contribution is 5.71. The van der Waals surface area contributed by atoms with E-state index in [1.165, 1.54) is 11.0 Å². The molecule has 0 spiro atoms. The highest BCUT2D eigenvalue weighted by Crippen LogP contribution is 2.10. The molecule has 0 fully saturated rings. The minimum atomic E-state index is 0.283. The lowest BCUT2D eigenvalue weighted by Gasteiger charge is -1.95. The first-order valence-corrected chi connectivity index (χ1v) is 5.37. The van der Waals surface area contributed by atoms with Crippen LogP contribution >= 0.6 is 0 Å². The molecule has 2 aromatic rings. The average molecular weight is 205 g/mol. The van der Waals surface area contributed by atoms with Crippen LogP contribution in [0.3, 0.4) is 0 Å². The van der Waals surface area contributed by atoms with Crippen molar-refractivity contribution in [1.82, 2.24) is 4.57 Å². The van der Waals surface area contributed by atoms with Crippen LogP contribution in [0.5, 0.6) is 0 Å². The number of unbranched alkanes of at least 4 members (excludes halogenated alkanes) is 1. The molecule has 3 nitrogen and oxygen atoms in total. The molecule has 0 radical (unpaired) electrons. The lowest BCUT2D eigenvalue weighted by Crippen LogP contribution is -2.25. The van der Waals surface area contributed by atoms with Crippen molar-refractivity contribution >= 4 is 11.0 Å². The van der Waals surface area contributed by atoms with E-state index in [1.54, 1.807) is 0 Å². The summed E-state index contributed by atoms with van der Waals surface area (Å²) in [7, 11) is 2.06. The fraction of sp³-hybridized carbons (Fsp3) is 0.417. The second-order valence-corrected chi connectivity index (χ2v) is 3.84. The second-order valence-electron chi connectivity index (χ2n) is 3.84. The fourth-order valence-corrected chi connectivity index (χ4v) is 1.91. The van der Waals surface area contributed by atoms with Gasteiger partial charge in [-0.1, -0.05) is 12.1 Å². The van der Waals surface area contributed by atoms with Gasteiger partial charge < -0.3 is 5.11 Å². The first kappa shape index (κ1) is 10.2. The number of aromatic nitrogens is 2. The summed E-state index contributed by atoms with van der Waals surface area (Å²) in [6.07, 6.45) is 4.01. The highest BCUT2D eigenvalue weighted by Gasteiger charge is 2.10. The van der Waals surface area contributed by atoms with Crippen LogP contribution in [0.25, 0.3) is 11.0 Å². The Morgan fingerprint density at radius 2 is 2.07 bits per heavy atom. The predicted octanol–water partition coefficient (Wildman–Crippen LogP) is 1.24. The highest BCUT2D eigenvalue weighted by atomic mass is 16.2. The van der Waals surface area contributed by atoms with Gasteiger partial charge in [-0.25, -0.2) is 9.13 Å². The molecule has 1 N–H and O–H groups in total. The molecule has 0 aliphatic rings. The third kappa shape index (κ3) is 2.02. The van der Waals surface area contributed by atoms with Gasteiger partial charge in [0.2, 0.25) is 6.33 Å². The minimum Gasteiger partial charge on any atom is -0.396 e. The topological polar surface area (TPSA) is 29.0 Å². The van der Waals surface area contributed by atoms with Crippen molar-refractivity contribution in [2.75, 3.05) is 6.61 Å². The molecule has 15 heavy (non-hydrogen) atoms. The summed E-state index contributed by atoms with van der Waals surface area (Å²) in [5.74, 6) is 0. The average Bonchev–Trinajstić information content (AvgIpc) is 2.58.